The summed E-state index contributed by atoms with van der Waals surface area (Å²) in [5, 5.41) is 3.79. The number of nitrogens with one attached hydrogen (secondary N) is 1. The topological polar surface area (TPSA) is 107 Å². The van der Waals surface area contributed by atoms with Crippen molar-refractivity contribution in [3.8, 4) is 0 Å². The van der Waals surface area contributed by atoms with Crippen molar-refractivity contribution >= 4 is 49.7 Å². The summed E-state index contributed by atoms with van der Waals surface area (Å²) in [6.45, 7) is 1.85. The van der Waals surface area contributed by atoms with Gasteiger partial charge in [0.1, 0.15) is 16.4 Å². The molecule has 0 unspecified atom stereocenters. The molecular formula is C19H20N4O3S2. The van der Waals surface area contributed by atoms with Gasteiger partial charge in [0.05, 0.1) is 17.3 Å². The van der Waals surface area contributed by atoms with Gasteiger partial charge in [-0.3, -0.25) is 19.0 Å². The van der Waals surface area contributed by atoms with E-state index in [4.69, 9.17) is 5.73 Å². The van der Waals surface area contributed by atoms with Gasteiger partial charge in [0, 0.05) is 9.75 Å². The maximum atomic E-state index is 12.7. The highest BCUT2D eigenvalue weighted by molar-refractivity contribution is 7.18. The lowest BCUT2D eigenvalue weighted by molar-refractivity contribution is -0.116. The van der Waals surface area contributed by atoms with Crippen LogP contribution < -0.4 is 16.6 Å². The molecule has 0 aliphatic heterocycles. The van der Waals surface area contributed by atoms with E-state index in [1.54, 1.807) is 0 Å². The number of hydrogen-bond acceptors (Lipinski definition) is 6. The van der Waals surface area contributed by atoms with E-state index < -0.39 is 5.91 Å². The molecule has 28 heavy (non-hydrogen) atoms. The predicted octanol–water partition coefficient (Wildman–Crippen LogP) is 2.70. The third-order valence-corrected chi connectivity index (χ3v) is 7.30. The van der Waals surface area contributed by atoms with E-state index in [1.807, 2.05) is 13.0 Å². The van der Waals surface area contributed by atoms with E-state index in [2.05, 4.69) is 10.3 Å². The van der Waals surface area contributed by atoms with Crippen LogP contribution in [0.3, 0.4) is 0 Å². The second-order valence-corrected chi connectivity index (χ2v) is 9.01. The molecule has 7 nitrogen and oxygen atoms in total. The smallest absolute Gasteiger partial charge is 0.262 e. The number of primary amides is 1. The number of fused-ring (bicyclic) bond motifs is 2. The molecule has 146 valence electrons. The van der Waals surface area contributed by atoms with Crippen LogP contribution in [0.25, 0.3) is 10.2 Å². The molecule has 0 saturated carbocycles. The Morgan fingerprint density at radius 2 is 2.07 bits per heavy atom. The number of hydrogen-bond donors (Lipinski definition) is 2. The molecule has 4 rings (SSSR count). The van der Waals surface area contributed by atoms with Gasteiger partial charge in [0.2, 0.25) is 5.91 Å². The minimum atomic E-state index is -0.527. The molecule has 0 saturated heterocycles. The Morgan fingerprint density at radius 3 is 2.82 bits per heavy atom. The lowest BCUT2D eigenvalue weighted by Gasteiger charge is -2.11. The van der Waals surface area contributed by atoms with Crippen LogP contribution in [0, 0.1) is 0 Å². The number of carbonyl (C=O) groups is 2. The number of amides is 2. The highest BCUT2D eigenvalue weighted by Gasteiger charge is 2.25. The van der Waals surface area contributed by atoms with Crippen LogP contribution in [0.4, 0.5) is 5.00 Å². The summed E-state index contributed by atoms with van der Waals surface area (Å²) in [6, 6.07) is 1.84. The van der Waals surface area contributed by atoms with Crippen molar-refractivity contribution < 1.29 is 9.59 Å². The van der Waals surface area contributed by atoms with Gasteiger partial charge in [0.15, 0.2) is 0 Å². The minimum Gasteiger partial charge on any atom is -0.365 e. The monoisotopic (exact) mass is 416 g/mol. The molecule has 0 aromatic carbocycles. The Bertz CT molecular complexity index is 1140. The first kappa shape index (κ1) is 18.8. The summed E-state index contributed by atoms with van der Waals surface area (Å²) in [5.41, 5.74) is 6.71. The van der Waals surface area contributed by atoms with Gasteiger partial charge < -0.3 is 11.1 Å². The molecule has 0 atom stereocenters. The Morgan fingerprint density at radius 1 is 1.29 bits per heavy atom. The van der Waals surface area contributed by atoms with Crippen LogP contribution >= 0.6 is 22.7 Å². The molecule has 3 heterocycles. The molecule has 0 spiro atoms. The third kappa shape index (κ3) is 3.35. The average Bonchev–Trinajstić information content (AvgIpc) is 3.25. The summed E-state index contributed by atoms with van der Waals surface area (Å²) in [5.74, 6) is -0.907. The van der Waals surface area contributed by atoms with Gasteiger partial charge in [-0.15, -0.1) is 22.7 Å². The predicted molar refractivity (Wildman–Crippen MR) is 111 cm³/mol. The Hall–Kier alpha value is -2.52. The molecule has 3 N–H and O–H groups in total. The van der Waals surface area contributed by atoms with E-state index in [-0.39, 0.29) is 18.0 Å². The molecule has 0 fully saturated rings. The molecule has 3 aromatic heterocycles. The van der Waals surface area contributed by atoms with Crippen LogP contribution in [0.5, 0.6) is 0 Å². The van der Waals surface area contributed by atoms with E-state index in [0.29, 0.717) is 20.8 Å². The largest absolute Gasteiger partial charge is 0.365 e. The van der Waals surface area contributed by atoms with Gasteiger partial charge >= 0.3 is 0 Å². The number of anilines is 1. The fourth-order valence-electron chi connectivity index (χ4n) is 3.53. The van der Waals surface area contributed by atoms with E-state index in [9.17, 15) is 14.4 Å². The molecule has 9 heteroatoms. The average molecular weight is 417 g/mol. The van der Waals surface area contributed by atoms with Gasteiger partial charge in [0.25, 0.3) is 11.5 Å². The molecule has 0 radical (unpaired) electrons. The normalized spacial score (nSPS) is 13.5. The lowest BCUT2D eigenvalue weighted by Crippen LogP contribution is -2.28. The molecule has 0 bridgehead atoms. The highest BCUT2D eigenvalue weighted by Crippen LogP contribution is 2.37. The zero-order valence-electron chi connectivity index (χ0n) is 15.4. The summed E-state index contributed by atoms with van der Waals surface area (Å²) in [7, 11) is 0. The second kappa shape index (κ2) is 7.48. The first-order chi connectivity index (χ1) is 13.5. The van der Waals surface area contributed by atoms with Gasteiger partial charge in [-0.2, -0.15) is 0 Å². The van der Waals surface area contributed by atoms with Crippen LogP contribution in [0.15, 0.2) is 17.2 Å². The van der Waals surface area contributed by atoms with Crippen molar-refractivity contribution in [3.05, 3.63) is 43.6 Å². The fraction of sp³-hybridized carbons (Fsp3) is 0.368. The number of aromatic nitrogens is 2. The Labute approximate surface area is 169 Å². The molecule has 1 aliphatic rings. The number of rotatable bonds is 5. The third-order valence-electron chi connectivity index (χ3n) is 4.90. The van der Waals surface area contributed by atoms with Crippen molar-refractivity contribution in [2.24, 2.45) is 5.73 Å². The molecule has 2 amide bonds. The van der Waals surface area contributed by atoms with E-state index >= 15 is 0 Å². The van der Waals surface area contributed by atoms with Gasteiger partial charge in [-0.1, -0.05) is 6.92 Å². The number of aryl methyl sites for hydroxylation is 2. The van der Waals surface area contributed by atoms with Crippen molar-refractivity contribution in [1.29, 1.82) is 0 Å². The summed E-state index contributed by atoms with van der Waals surface area (Å²) < 4.78 is 1.29. The molecular weight excluding hydrogens is 396 g/mol. The SMILES string of the molecule is CCc1cc2c(=O)n(CC(=O)Nc3sc4c(c3C(N)=O)CCCC4)cnc2s1. The quantitative estimate of drug-likeness (QED) is 0.667. The maximum absolute atomic E-state index is 12.7. The van der Waals surface area contributed by atoms with Crippen LogP contribution in [-0.2, 0) is 30.6 Å². The fourth-order valence-corrected chi connectivity index (χ4v) is 5.77. The number of nitrogens with two attached hydrogens (primary N) is 1. The summed E-state index contributed by atoms with van der Waals surface area (Å²) in [4.78, 5) is 44.3. The Kier molecular flexibility index (Phi) is 5.03. The van der Waals surface area contributed by atoms with Gasteiger partial charge in [-0.25, -0.2) is 4.98 Å². The minimum absolute atomic E-state index is 0.167. The highest BCUT2D eigenvalue weighted by atomic mass is 32.1. The zero-order chi connectivity index (χ0) is 19.8. The molecule has 3 aromatic rings. The first-order valence-electron chi connectivity index (χ1n) is 9.20. The summed E-state index contributed by atoms with van der Waals surface area (Å²) in [6.07, 6.45) is 6.01. The van der Waals surface area contributed by atoms with Crippen LogP contribution in [0.2, 0.25) is 0 Å². The Balaban J connectivity index is 1.59. The van der Waals surface area contributed by atoms with E-state index in [1.165, 1.54) is 33.6 Å². The molecule has 1 aliphatic carbocycles. The van der Waals surface area contributed by atoms with Crippen molar-refractivity contribution in [1.82, 2.24) is 9.55 Å². The lowest BCUT2D eigenvalue weighted by atomic mass is 9.95. The summed E-state index contributed by atoms with van der Waals surface area (Å²) >= 11 is 2.90. The van der Waals surface area contributed by atoms with Crippen LogP contribution in [0.1, 0.15) is 45.4 Å². The van der Waals surface area contributed by atoms with Crippen molar-refractivity contribution in [2.45, 2.75) is 45.6 Å². The van der Waals surface area contributed by atoms with E-state index in [0.717, 1.165) is 47.4 Å². The zero-order valence-corrected chi connectivity index (χ0v) is 17.0. The number of thiophene rings is 2. The van der Waals surface area contributed by atoms with Crippen molar-refractivity contribution in [2.75, 3.05) is 5.32 Å². The maximum Gasteiger partial charge on any atom is 0.262 e. The van der Waals surface area contributed by atoms with Crippen LogP contribution in [-0.4, -0.2) is 21.4 Å². The standard InChI is InChI=1S/C19H20N4O3S2/c1-2-10-7-12-17(27-10)21-9-23(19(12)26)8-14(24)22-18-15(16(20)25)11-5-3-4-6-13(11)28-18/h7,9H,2-6,8H2,1H3,(H2,20,25)(H,22,24). The number of nitrogens with zero attached hydrogens (tertiary/aromatic N) is 2. The number of carbonyl (C=O) groups excluding carboxylic acids is 2. The van der Waals surface area contributed by atoms with Crippen molar-refractivity contribution in [3.63, 3.8) is 0 Å². The van der Waals surface area contributed by atoms with Gasteiger partial charge in [-0.05, 0) is 43.7 Å². The first-order valence-corrected chi connectivity index (χ1v) is 10.8. The second-order valence-electron chi connectivity index (χ2n) is 6.79.